The molecule has 1 aromatic carbocycles. The predicted octanol–water partition coefficient (Wildman–Crippen LogP) is 4.99. The van der Waals surface area contributed by atoms with Gasteiger partial charge in [0.2, 0.25) is 0 Å². The Kier molecular flexibility index (Phi) is 5.68. The Morgan fingerprint density at radius 1 is 0.625 bits per heavy atom. The molecule has 0 bridgehead atoms. The molecule has 0 aliphatic heterocycles. The number of pyridine rings is 2. The third-order valence-electron chi connectivity index (χ3n) is 3.72. The van der Waals surface area contributed by atoms with E-state index in [0.29, 0.717) is 0 Å². The van der Waals surface area contributed by atoms with Gasteiger partial charge in [0, 0.05) is 24.8 Å². The smallest absolute Gasteiger partial charge is 0.0340 e. The molecule has 0 fully saturated rings. The number of hydrogen-bond acceptors (Lipinski definition) is 2. The lowest BCUT2D eigenvalue weighted by Gasteiger charge is -2.00. The summed E-state index contributed by atoms with van der Waals surface area (Å²) in [4.78, 5) is 8.22. The average Bonchev–Trinajstić information content (AvgIpc) is 2.65. The van der Waals surface area contributed by atoms with Gasteiger partial charge in [0.25, 0.3) is 0 Å². The molecule has 3 aromatic rings. The lowest BCUT2D eigenvalue weighted by molar-refractivity contribution is 1.22. The third-order valence-corrected chi connectivity index (χ3v) is 3.72. The van der Waals surface area contributed by atoms with Gasteiger partial charge < -0.3 is 0 Å². The summed E-state index contributed by atoms with van der Waals surface area (Å²) in [6, 6.07) is 16.8. The summed E-state index contributed by atoms with van der Waals surface area (Å²) in [5, 5.41) is 0. The number of hydrogen-bond donors (Lipinski definition) is 0. The molecule has 0 aliphatic rings. The van der Waals surface area contributed by atoms with Crippen LogP contribution < -0.4 is 0 Å². The molecule has 2 nitrogen and oxygen atoms in total. The van der Waals surface area contributed by atoms with Gasteiger partial charge in [-0.2, -0.15) is 0 Å². The molecular formula is C22H20N2. The summed E-state index contributed by atoms with van der Waals surface area (Å²) in [5.41, 5.74) is 4.90. The van der Waals surface area contributed by atoms with Crippen LogP contribution in [-0.2, 0) is 12.8 Å². The number of nitrogens with zero attached hydrogens (tertiary/aromatic N) is 2. The number of aromatic nitrogens is 2. The van der Waals surface area contributed by atoms with Crippen LogP contribution in [0.2, 0.25) is 0 Å². The Morgan fingerprint density at radius 2 is 1.08 bits per heavy atom. The van der Waals surface area contributed by atoms with Crippen LogP contribution in [-0.4, -0.2) is 9.97 Å². The molecule has 118 valence electrons. The van der Waals surface area contributed by atoms with Crippen molar-refractivity contribution in [1.29, 1.82) is 0 Å². The molecule has 0 saturated carbocycles. The molecular weight excluding hydrogens is 292 g/mol. The maximum absolute atomic E-state index is 4.11. The van der Waals surface area contributed by atoms with Gasteiger partial charge >= 0.3 is 0 Å². The predicted molar refractivity (Wildman–Crippen MR) is 100 cm³/mol. The molecule has 2 aromatic heterocycles. The Balaban J connectivity index is 1.52. The molecule has 3 rings (SSSR count). The van der Waals surface area contributed by atoms with Crippen LogP contribution >= 0.6 is 0 Å². The largest absolute Gasteiger partial charge is 0.264 e. The lowest BCUT2D eigenvalue weighted by Crippen LogP contribution is -1.85. The molecule has 0 aliphatic carbocycles. The standard InChI is InChI=1S/C22H20N2/c1(7-21-9-3-15-23-17-21)5-19-11-13-20(14-12-19)6-2-8-22-10-4-16-24-18-22/h1-4,7-18H,5-6H2/b7-1+,8-2+. The minimum Gasteiger partial charge on any atom is -0.264 e. The molecule has 2 heteroatoms. The van der Waals surface area contributed by atoms with Gasteiger partial charge in [0.15, 0.2) is 0 Å². The normalized spacial score (nSPS) is 11.3. The van der Waals surface area contributed by atoms with Crippen molar-refractivity contribution < 1.29 is 0 Å². The van der Waals surface area contributed by atoms with E-state index < -0.39 is 0 Å². The monoisotopic (exact) mass is 312 g/mol. The van der Waals surface area contributed by atoms with Crippen molar-refractivity contribution in [3.63, 3.8) is 0 Å². The molecule has 0 spiro atoms. The molecule has 0 N–H and O–H groups in total. The highest BCUT2D eigenvalue weighted by Gasteiger charge is 1.93. The quantitative estimate of drug-likeness (QED) is 0.641. The first kappa shape index (κ1) is 15.9. The number of allylic oxidation sites excluding steroid dienone is 2. The minimum absolute atomic E-state index is 0.931. The first-order chi connectivity index (χ1) is 11.9. The second-order valence-corrected chi connectivity index (χ2v) is 5.60. The second kappa shape index (κ2) is 8.59. The zero-order valence-corrected chi connectivity index (χ0v) is 13.5. The van der Waals surface area contributed by atoms with E-state index in [1.807, 2.05) is 24.5 Å². The topological polar surface area (TPSA) is 25.8 Å². The minimum atomic E-state index is 0.931. The van der Waals surface area contributed by atoms with Crippen LogP contribution in [0.3, 0.4) is 0 Å². The lowest BCUT2D eigenvalue weighted by atomic mass is 10.1. The van der Waals surface area contributed by atoms with E-state index in [1.54, 1.807) is 12.4 Å². The summed E-state index contributed by atoms with van der Waals surface area (Å²) in [6.45, 7) is 0. The summed E-state index contributed by atoms with van der Waals surface area (Å²) >= 11 is 0. The Morgan fingerprint density at radius 3 is 1.46 bits per heavy atom. The SMILES string of the molecule is C(=C\c1cccnc1)/Cc1ccc(C/C=C/c2cccnc2)cc1. The fraction of sp³-hybridized carbons (Fsp3) is 0.0909. The number of rotatable bonds is 6. The van der Waals surface area contributed by atoms with E-state index in [9.17, 15) is 0 Å². The Bertz CT molecular complexity index is 718. The van der Waals surface area contributed by atoms with Crippen molar-refractivity contribution in [1.82, 2.24) is 9.97 Å². The molecule has 0 atom stereocenters. The van der Waals surface area contributed by atoms with Gasteiger partial charge in [-0.15, -0.1) is 0 Å². The molecule has 24 heavy (non-hydrogen) atoms. The van der Waals surface area contributed by atoms with Crippen LogP contribution in [0.4, 0.5) is 0 Å². The summed E-state index contributed by atoms with van der Waals surface area (Å²) in [7, 11) is 0. The fourth-order valence-corrected chi connectivity index (χ4v) is 2.42. The van der Waals surface area contributed by atoms with Crippen molar-refractivity contribution in [2.75, 3.05) is 0 Å². The van der Waals surface area contributed by atoms with Crippen molar-refractivity contribution in [3.8, 4) is 0 Å². The summed E-state index contributed by atoms with van der Waals surface area (Å²) in [6.07, 6.45) is 17.7. The molecule has 0 unspecified atom stereocenters. The Hall–Kier alpha value is -3.00. The average molecular weight is 312 g/mol. The molecule has 0 radical (unpaired) electrons. The fourth-order valence-electron chi connectivity index (χ4n) is 2.42. The van der Waals surface area contributed by atoms with Crippen LogP contribution in [0.25, 0.3) is 12.2 Å². The molecule has 2 heterocycles. The van der Waals surface area contributed by atoms with Crippen molar-refractivity contribution in [2.45, 2.75) is 12.8 Å². The van der Waals surface area contributed by atoms with E-state index >= 15 is 0 Å². The third kappa shape index (κ3) is 5.03. The highest BCUT2D eigenvalue weighted by atomic mass is 14.6. The van der Waals surface area contributed by atoms with Crippen molar-refractivity contribution in [2.24, 2.45) is 0 Å². The Labute approximate surface area is 143 Å². The summed E-state index contributed by atoms with van der Waals surface area (Å²) < 4.78 is 0. The second-order valence-electron chi connectivity index (χ2n) is 5.60. The van der Waals surface area contributed by atoms with Crippen LogP contribution in [0.1, 0.15) is 22.3 Å². The first-order valence-electron chi connectivity index (χ1n) is 8.11. The van der Waals surface area contributed by atoms with Crippen molar-refractivity contribution >= 4 is 12.2 Å². The van der Waals surface area contributed by atoms with Gasteiger partial charge in [0.1, 0.15) is 0 Å². The van der Waals surface area contributed by atoms with E-state index in [0.717, 1.165) is 24.0 Å². The van der Waals surface area contributed by atoms with Crippen LogP contribution in [0.15, 0.2) is 85.5 Å². The van der Waals surface area contributed by atoms with E-state index in [-0.39, 0.29) is 0 Å². The van der Waals surface area contributed by atoms with Gasteiger partial charge in [-0.05, 0) is 47.2 Å². The zero-order chi connectivity index (χ0) is 16.5. The zero-order valence-electron chi connectivity index (χ0n) is 13.5. The number of benzene rings is 1. The van der Waals surface area contributed by atoms with Gasteiger partial charge in [0.05, 0.1) is 0 Å². The highest BCUT2D eigenvalue weighted by Crippen LogP contribution is 2.09. The summed E-state index contributed by atoms with van der Waals surface area (Å²) in [5.74, 6) is 0. The highest BCUT2D eigenvalue weighted by molar-refractivity contribution is 5.49. The van der Waals surface area contributed by atoms with Gasteiger partial charge in [-0.3, -0.25) is 9.97 Å². The maximum Gasteiger partial charge on any atom is 0.0340 e. The molecule has 0 amide bonds. The van der Waals surface area contributed by atoms with Gasteiger partial charge in [-0.25, -0.2) is 0 Å². The first-order valence-corrected chi connectivity index (χ1v) is 8.11. The van der Waals surface area contributed by atoms with Crippen LogP contribution in [0, 0.1) is 0 Å². The van der Waals surface area contributed by atoms with E-state index in [1.165, 1.54) is 11.1 Å². The maximum atomic E-state index is 4.11. The van der Waals surface area contributed by atoms with Crippen molar-refractivity contribution in [3.05, 3.63) is 108 Å². The van der Waals surface area contributed by atoms with Crippen LogP contribution in [0.5, 0.6) is 0 Å². The van der Waals surface area contributed by atoms with Gasteiger partial charge in [-0.1, -0.05) is 60.7 Å². The van der Waals surface area contributed by atoms with E-state index in [2.05, 4.69) is 70.7 Å². The molecule has 0 saturated heterocycles. The van der Waals surface area contributed by atoms with E-state index in [4.69, 9.17) is 0 Å².